The molecular weight excluding hydrogens is 262 g/mol. The lowest BCUT2D eigenvalue weighted by Crippen LogP contribution is -2.48. The Kier molecular flexibility index (Phi) is 4.31. The fourth-order valence-electron chi connectivity index (χ4n) is 3.03. The molecule has 1 atom stereocenters. The standard InChI is InChI=1S/C14H22ClN3O/c1-4-6-14(7-5-8-16-14)12(19)9-11-10(2)17-18(3)13(11)15/h16H,4-9H2,1-3H3. The van der Waals surface area contributed by atoms with Crippen LogP contribution in [0.1, 0.15) is 43.9 Å². The SMILES string of the molecule is CCCC1(C(=O)Cc2c(C)nn(C)c2Cl)CCCN1. The third-order valence-electron chi connectivity index (χ3n) is 4.06. The molecular formula is C14H22ClN3O. The van der Waals surface area contributed by atoms with E-state index in [4.69, 9.17) is 11.6 Å². The Hall–Kier alpha value is -0.870. The molecule has 2 heterocycles. The van der Waals surface area contributed by atoms with Gasteiger partial charge in [-0.25, -0.2) is 0 Å². The van der Waals surface area contributed by atoms with Crippen molar-refractivity contribution >= 4 is 17.4 Å². The summed E-state index contributed by atoms with van der Waals surface area (Å²) in [5, 5.41) is 8.27. The first-order chi connectivity index (χ1) is 9.00. The van der Waals surface area contributed by atoms with Crippen LogP contribution >= 0.6 is 11.6 Å². The number of nitrogens with one attached hydrogen (secondary N) is 1. The first-order valence-corrected chi connectivity index (χ1v) is 7.34. The van der Waals surface area contributed by atoms with Crippen LogP contribution in [0.4, 0.5) is 0 Å². The molecule has 1 N–H and O–H groups in total. The van der Waals surface area contributed by atoms with Gasteiger partial charge in [-0.2, -0.15) is 5.10 Å². The van der Waals surface area contributed by atoms with Gasteiger partial charge in [-0.15, -0.1) is 0 Å². The molecule has 0 spiro atoms. The summed E-state index contributed by atoms with van der Waals surface area (Å²) in [4.78, 5) is 12.7. The number of carbonyl (C=O) groups excluding carboxylic acids is 1. The molecule has 0 radical (unpaired) electrons. The summed E-state index contributed by atoms with van der Waals surface area (Å²) >= 11 is 6.22. The van der Waals surface area contributed by atoms with Crippen molar-refractivity contribution in [2.24, 2.45) is 7.05 Å². The van der Waals surface area contributed by atoms with Crippen molar-refractivity contribution in [3.05, 3.63) is 16.4 Å². The Morgan fingerprint density at radius 1 is 1.58 bits per heavy atom. The zero-order valence-corrected chi connectivity index (χ0v) is 12.7. The quantitative estimate of drug-likeness (QED) is 0.903. The van der Waals surface area contributed by atoms with E-state index < -0.39 is 0 Å². The second-order valence-electron chi connectivity index (χ2n) is 5.44. The number of hydrogen-bond donors (Lipinski definition) is 1. The summed E-state index contributed by atoms with van der Waals surface area (Å²) in [6.07, 6.45) is 4.31. The average molecular weight is 284 g/mol. The van der Waals surface area contributed by atoms with E-state index in [9.17, 15) is 4.79 Å². The van der Waals surface area contributed by atoms with Crippen molar-refractivity contribution in [3.8, 4) is 0 Å². The van der Waals surface area contributed by atoms with Crippen LogP contribution in [-0.2, 0) is 18.3 Å². The van der Waals surface area contributed by atoms with Gasteiger partial charge in [0, 0.05) is 19.0 Å². The Balaban J connectivity index is 2.20. The van der Waals surface area contributed by atoms with Crippen LogP contribution in [0.5, 0.6) is 0 Å². The molecule has 4 nitrogen and oxygen atoms in total. The maximum atomic E-state index is 12.7. The van der Waals surface area contributed by atoms with E-state index in [1.165, 1.54) is 0 Å². The van der Waals surface area contributed by atoms with E-state index in [0.29, 0.717) is 11.6 Å². The van der Waals surface area contributed by atoms with Crippen LogP contribution < -0.4 is 5.32 Å². The Bertz CT molecular complexity index is 475. The monoisotopic (exact) mass is 283 g/mol. The average Bonchev–Trinajstić information content (AvgIpc) is 2.92. The predicted octanol–water partition coefficient (Wildman–Crippen LogP) is 2.42. The van der Waals surface area contributed by atoms with E-state index in [2.05, 4.69) is 17.3 Å². The van der Waals surface area contributed by atoms with Gasteiger partial charge in [-0.05, 0) is 32.7 Å². The topological polar surface area (TPSA) is 46.9 Å². The minimum Gasteiger partial charge on any atom is -0.305 e. The molecule has 1 aliphatic rings. The van der Waals surface area contributed by atoms with Gasteiger partial charge in [0.05, 0.1) is 11.2 Å². The minimum atomic E-state index is -0.333. The molecule has 0 amide bonds. The second-order valence-corrected chi connectivity index (χ2v) is 5.80. The molecule has 0 saturated carbocycles. The van der Waals surface area contributed by atoms with Gasteiger partial charge in [0.25, 0.3) is 0 Å². The number of aromatic nitrogens is 2. The molecule has 5 heteroatoms. The van der Waals surface area contributed by atoms with Gasteiger partial charge < -0.3 is 5.32 Å². The van der Waals surface area contributed by atoms with E-state index in [0.717, 1.165) is 43.5 Å². The summed E-state index contributed by atoms with van der Waals surface area (Å²) in [7, 11) is 1.80. The Labute approximate surface area is 119 Å². The second kappa shape index (κ2) is 5.63. The first kappa shape index (κ1) is 14.5. The number of halogens is 1. The summed E-state index contributed by atoms with van der Waals surface area (Å²) in [6, 6.07) is 0. The van der Waals surface area contributed by atoms with Gasteiger partial charge in [-0.1, -0.05) is 24.9 Å². The van der Waals surface area contributed by atoms with Crippen LogP contribution in [0.15, 0.2) is 0 Å². The van der Waals surface area contributed by atoms with Gasteiger partial charge >= 0.3 is 0 Å². The molecule has 0 bridgehead atoms. The van der Waals surface area contributed by atoms with Crippen molar-refractivity contribution in [3.63, 3.8) is 0 Å². The fourth-order valence-corrected chi connectivity index (χ4v) is 3.27. The van der Waals surface area contributed by atoms with Gasteiger partial charge in [0.1, 0.15) is 5.15 Å². The molecule has 0 aromatic carbocycles. The zero-order chi connectivity index (χ0) is 14.0. The molecule has 0 aliphatic carbocycles. The molecule has 1 unspecified atom stereocenters. The third-order valence-corrected chi connectivity index (χ3v) is 4.53. The number of rotatable bonds is 5. The highest BCUT2D eigenvalue weighted by Crippen LogP contribution is 2.29. The predicted molar refractivity (Wildman–Crippen MR) is 76.5 cm³/mol. The molecule has 1 fully saturated rings. The lowest BCUT2D eigenvalue weighted by atomic mass is 9.84. The number of nitrogens with zero attached hydrogens (tertiary/aromatic N) is 2. The summed E-state index contributed by atoms with van der Waals surface area (Å²) in [6.45, 7) is 4.96. The van der Waals surface area contributed by atoms with E-state index >= 15 is 0 Å². The van der Waals surface area contributed by atoms with E-state index in [-0.39, 0.29) is 11.3 Å². The highest BCUT2D eigenvalue weighted by Gasteiger charge is 2.39. The van der Waals surface area contributed by atoms with Crippen molar-refractivity contribution in [2.75, 3.05) is 6.54 Å². The third kappa shape index (κ3) is 2.70. The number of carbonyl (C=O) groups is 1. The van der Waals surface area contributed by atoms with Crippen LogP contribution in [0.2, 0.25) is 5.15 Å². The molecule has 1 aromatic rings. The molecule has 1 aromatic heterocycles. The maximum Gasteiger partial charge on any atom is 0.157 e. The molecule has 1 aliphatic heterocycles. The lowest BCUT2D eigenvalue weighted by molar-refractivity contribution is -0.124. The molecule has 19 heavy (non-hydrogen) atoms. The Morgan fingerprint density at radius 2 is 2.32 bits per heavy atom. The molecule has 106 valence electrons. The van der Waals surface area contributed by atoms with Crippen molar-refractivity contribution < 1.29 is 4.79 Å². The highest BCUT2D eigenvalue weighted by atomic mass is 35.5. The van der Waals surface area contributed by atoms with Crippen LogP contribution in [0.25, 0.3) is 0 Å². The highest BCUT2D eigenvalue weighted by molar-refractivity contribution is 6.30. The normalized spacial score (nSPS) is 22.9. The largest absolute Gasteiger partial charge is 0.305 e. The zero-order valence-electron chi connectivity index (χ0n) is 11.9. The van der Waals surface area contributed by atoms with Crippen molar-refractivity contribution in [1.82, 2.24) is 15.1 Å². The Morgan fingerprint density at radius 3 is 2.79 bits per heavy atom. The van der Waals surface area contributed by atoms with Crippen LogP contribution in [-0.4, -0.2) is 27.6 Å². The smallest absolute Gasteiger partial charge is 0.157 e. The fraction of sp³-hybridized carbons (Fsp3) is 0.714. The molecule has 1 saturated heterocycles. The number of ketones is 1. The maximum absolute atomic E-state index is 12.7. The van der Waals surface area contributed by atoms with Crippen LogP contribution in [0.3, 0.4) is 0 Å². The van der Waals surface area contributed by atoms with Crippen molar-refractivity contribution in [1.29, 1.82) is 0 Å². The lowest BCUT2D eigenvalue weighted by Gasteiger charge is -2.27. The van der Waals surface area contributed by atoms with Crippen LogP contribution in [0, 0.1) is 6.92 Å². The molecule has 2 rings (SSSR count). The number of aryl methyl sites for hydroxylation is 2. The van der Waals surface area contributed by atoms with Gasteiger partial charge in [0.2, 0.25) is 0 Å². The van der Waals surface area contributed by atoms with E-state index in [1.54, 1.807) is 11.7 Å². The summed E-state index contributed by atoms with van der Waals surface area (Å²) in [5.41, 5.74) is 1.39. The summed E-state index contributed by atoms with van der Waals surface area (Å²) < 4.78 is 1.63. The number of hydrogen-bond acceptors (Lipinski definition) is 3. The minimum absolute atomic E-state index is 0.254. The van der Waals surface area contributed by atoms with E-state index in [1.807, 2.05) is 6.92 Å². The van der Waals surface area contributed by atoms with Crippen molar-refractivity contribution in [2.45, 2.75) is 51.5 Å². The first-order valence-electron chi connectivity index (χ1n) is 6.96. The summed E-state index contributed by atoms with van der Waals surface area (Å²) in [5.74, 6) is 0.254. The van der Waals surface area contributed by atoms with Gasteiger partial charge in [0.15, 0.2) is 5.78 Å². The number of Topliss-reactive ketones (excluding diaryl/α,β-unsaturated/α-hetero) is 1. The van der Waals surface area contributed by atoms with Gasteiger partial charge in [-0.3, -0.25) is 9.48 Å².